The minimum absolute atomic E-state index is 0.617. The summed E-state index contributed by atoms with van der Waals surface area (Å²) in [5.41, 5.74) is 5.72. The van der Waals surface area contributed by atoms with Gasteiger partial charge < -0.3 is 10.2 Å². The molecule has 1 fully saturated rings. The first-order chi connectivity index (χ1) is 6.79. The summed E-state index contributed by atoms with van der Waals surface area (Å²) in [6, 6.07) is 4.18. The lowest BCUT2D eigenvalue weighted by Crippen LogP contribution is -2.21. The first-order valence-electron chi connectivity index (χ1n) is 5.56. The van der Waals surface area contributed by atoms with Crippen molar-refractivity contribution in [3.63, 3.8) is 0 Å². The topological polar surface area (TPSA) is 39.2 Å². The van der Waals surface area contributed by atoms with E-state index in [9.17, 15) is 0 Å². The molecular weight excluding hydrogens is 174 g/mol. The van der Waals surface area contributed by atoms with Crippen molar-refractivity contribution in [2.45, 2.75) is 38.5 Å². The van der Waals surface area contributed by atoms with Crippen molar-refractivity contribution >= 4 is 0 Å². The summed E-state index contributed by atoms with van der Waals surface area (Å²) in [5.74, 6) is 3.51. The van der Waals surface area contributed by atoms with E-state index in [1.54, 1.807) is 0 Å². The molecule has 0 amide bonds. The van der Waals surface area contributed by atoms with E-state index in [1.807, 2.05) is 6.92 Å². The quantitative estimate of drug-likeness (QED) is 0.784. The van der Waals surface area contributed by atoms with Crippen LogP contribution in [0.3, 0.4) is 0 Å². The van der Waals surface area contributed by atoms with Gasteiger partial charge in [-0.25, -0.2) is 0 Å². The summed E-state index contributed by atoms with van der Waals surface area (Å²) in [5, 5.41) is 0. The molecule has 2 nitrogen and oxygen atoms in total. The smallest absolute Gasteiger partial charge is 0.107 e. The molecule has 1 aliphatic carbocycles. The Labute approximate surface area is 85.5 Å². The SMILES string of the molecule is Cc1ccc([C@H]2CCC[C@@H](CN)C2)o1. The first kappa shape index (κ1) is 9.78. The van der Waals surface area contributed by atoms with Gasteiger partial charge in [0.15, 0.2) is 0 Å². The lowest BCUT2D eigenvalue weighted by molar-refractivity contribution is 0.295. The molecule has 1 heterocycles. The van der Waals surface area contributed by atoms with Crippen LogP contribution in [-0.2, 0) is 0 Å². The van der Waals surface area contributed by atoms with Crippen molar-refractivity contribution in [1.29, 1.82) is 0 Å². The highest BCUT2D eigenvalue weighted by Crippen LogP contribution is 2.36. The number of nitrogens with two attached hydrogens (primary N) is 1. The predicted octanol–water partition coefficient (Wildman–Crippen LogP) is 2.82. The van der Waals surface area contributed by atoms with Crippen LogP contribution in [0, 0.1) is 12.8 Å². The molecule has 0 unspecified atom stereocenters. The van der Waals surface area contributed by atoms with Gasteiger partial charge in [0.05, 0.1) is 0 Å². The van der Waals surface area contributed by atoms with Crippen LogP contribution >= 0.6 is 0 Å². The van der Waals surface area contributed by atoms with Gasteiger partial charge in [-0.3, -0.25) is 0 Å². The summed E-state index contributed by atoms with van der Waals surface area (Å²) in [7, 11) is 0. The Morgan fingerprint density at radius 1 is 1.43 bits per heavy atom. The number of aryl methyl sites for hydroxylation is 1. The minimum atomic E-state index is 0.617. The Hall–Kier alpha value is -0.760. The van der Waals surface area contributed by atoms with E-state index in [0.717, 1.165) is 12.3 Å². The molecule has 0 bridgehead atoms. The minimum Gasteiger partial charge on any atom is -0.466 e. The predicted molar refractivity (Wildman–Crippen MR) is 57.2 cm³/mol. The van der Waals surface area contributed by atoms with Crippen LogP contribution in [0.15, 0.2) is 16.5 Å². The van der Waals surface area contributed by atoms with Crippen molar-refractivity contribution < 1.29 is 4.42 Å². The van der Waals surface area contributed by atoms with Crippen LogP contribution in [0.5, 0.6) is 0 Å². The van der Waals surface area contributed by atoms with Crippen molar-refractivity contribution in [1.82, 2.24) is 0 Å². The largest absolute Gasteiger partial charge is 0.466 e. The molecule has 1 aromatic heterocycles. The van der Waals surface area contributed by atoms with E-state index >= 15 is 0 Å². The second-order valence-electron chi connectivity index (χ2n) is 4.41. The number of hydrogen-bond donors (Lipinski definition) is 1. The molecule has 1 aromatic rings. The van der Waals surface area contributed by atoms with Gasteiger partial charge >= 0.3 is 0 Å². The molecule has 2 rings (SSSR count). The van der Waals surface area contributed by atoms with Gasteiger partial charge in [-0.05, 0) is 50.8 Å². The Morgan fingerprint density at radius 2 is 2.29 bits per heavy atom. The summed E-state index contributed by atoms with van der Waals surface area (Å²) in [6.07, 6.45) is 5.08. The van der Waals surface area contributed by atoms with Gasteiger partial charge in [-0.15, -0.1) is 0 Å². The number of furan rings is 1. The zero-order valence-corrected chi connectivity index (χ0v) is 8.83. The Balaban J connectivity index is 2.04. The van der Waals surface area contributed by atoms with Crippen LogP contribution in [-0.4, -0.2) is 6.54 Å². The molecule has 0 saturated heterocycles. The summed E-state index contributed by atoms with van der Waals surface area (Å²) in [6.45, 7) is 2.84. The molecule has 0 aliphatic heterocycles. The van der Waals surface area contributed by atoms with Crippen molar-refractivity contribution in [2.24, 2.45) is 11.7 Å². The van der Waals surface area contributed by atoms with Crippen LogP contribution < -0.4 is 5.73 Å². The van der Waals surface area contributed by atoms with Crippen molar-refractivity contribution in [3.05, 3.63) is 23.7 Å². The molecule has 2 N–H and O–H groups in total. The van der Waals surface area contributed by atoms with Crippen LogP contribution in [0.25, 0.3) is 0 Å². The molecule has 2 atom stereocenters. The summed E-state index contributed by atoms with van der Waals surface area (Å²) in [4.78, 5) is 0. The number of hydrogen-bond acceptors (Lipinski definition) is 2. The third kappa shape index (κ3) is 2.01. The van der Waals surface area contributed by atoms with Crippen LogP contribution in [0.4, 0.5) is 0 Å². The molecular formula is C12H19NO. The second-order valence-corrected chi connectivity index (χ2v) is 4.41. The molecule has 1 aliphatic rings. The molecule has 0 radical (unpaired) electrons. The van der Waals surface area contributed by atoms with Gasteiger partial charge in [0, 0.05) is 5.92 Å². The van der Waals surface area contributed by atoms with Crippen LogP contribution in [0.2, 0.25) is 0 Å². The molecule has 0 spiro atoms. The van der Waals surface area contributed by atoms with Gasteiger partial charge in [0.1, 0.15) is 11.5 Å². The maximum atomic E-state index is 5.72. The van der Waals surface area contributed by atoms with Crippen molar-refractivity contribution in [3.8, 4) is 0 Å². The monoisotopic (exact) mass is 193 g/mol. The van der Waals surface area contributed by atoms with Crippen molar-refractivity contribution in [2.75, 3.05) is 6.54 Å². The highest BCUT2D eigenvalue weighted by Gasteiger charge is 2.24. The maximum absolute atomic E-state index is 5.72. The van der Waals surface area contributed by atoms with E-state index in [1.165, 1.54) is 31.4 Å². The Bertz CT molecular complexity index is 292. The molecule has 0 aromatic carbocycles. The molecule has 2 heteroatoms. The van der Waals surface area contributed by atoms with E-state index in [4.69, 9.17) is 10.2 Å². The third-order valence-electron chi connectivity index (χ3n) is 3.28. The molecule has 78 valence electrons. The highest BCUT2D eigenvalue weighted by atomic mass is 16.3. The Kier molecular flexibility index (Phi) is 2.92. The van der Waals surface area contributed by atoms with Gasteiger partial charge in [-0.1, -0.05) is 6.42 Å². The molecule has 1 saturated carbocycles. The Morgan fingerprint density at radius 3 is 2.93 bits per heavy atom. The zero-order valence-electron chi connectivity index (χ0n) is 8.83. The lowest BCUT2D eigenvalue weighted by Gasteiger charge is -2.26. The summed E-state index contributed by atoms with van der Waals surface area (Å²) < 4.78 is 5.67. The van der Waals surface area contributed by atoms with Crippen LogP contribution in [0.1, 0.15) is 43.1 Å². The van der Waals surface area contributed by atoms with Gasteiger partial charge in [0.2, 0.25) is 0 Å². The van der Waals surface area contributed by atoms with E-state index in [-0.39, 0.29) is 0 Å². The zero-order chi connectivity index (χ0) is 9.97. The fraction of sp³-hybridized carbons (Fsp3) is 0.667. The van der Waals surface area contributed by atoms with Gasteiger partial charge in [0.25, 0.3) is 0 Å². The second kappa shape index (κ2) is 4.18. The normalized spacial score (nSPS) is 27.9. The van der Waals surface area contributed by atoms with E-state index in [2.05, 4.69) is 12.1 Å². The fourth-order valence-corrected chi connectivity index (χ4v) is 2.44. The first-order valence-corrected chi connectivity index (χ1v) is 5.56. The highest BCUT2D eigenvalue weighted by molar-refractivity contribution is 5.11. The van der Waals surface area contributed by atoms with Gasteiger partial charge in [-0.2, -0.15) is 0 Å². The third-order valence-corrected chi connectivity index (χ3v) is 3.28. The van der Waals surface area contributed by atoms with E-state index < -0.39 is 0 Å². The lowest BCUT2D eigenvalue weighted by atomic mass is 9.80. The maximum Gasteiger partial charge on any atom is 0.107 e. The molecule has 14 heavy (non-hydrogen) atoms. The average molecular weight is 193 g/mol. The average Bonchev–Trinajstić information content (AvgIpc) is 2.65. The summed E-state index contributed by atoms with van der Waals surface area (Å²) >= 11 is 0. The number of rotatable bonds is 2. The fourth-order valence-electron chi connectivity index (χ4n) is 2.44. The standard InChI is InChI=1S/C12H19NO/c1-9-5-6-12(14-9)11-4-2-3-10(7-11)8-13/h5-6,10-11H,2-4,7-8,13H2,1H3/t10-,11+/m1/s1. The van der Waals surface area contributed by atoms with E-state index in [0.29, 0.717) is 11.8 Å².